The summed E-state index contributed by atoms with van der Waals surface area (Å²) in [6, 6.07) is 18.3. The van der Waals surface area contributed by atoms with Gasteiger partial charge < -0.3 is 10.1 Å². The van der Waals surface area contributed by atoms with Gasteiger partial charge in [-0.15, -0.1) is 0 Å². The standard InChI is InChI=1S/C27H25FN2O3/c1-4-15-33-22-12-6-19(7-13-22)24-25(29-21-10-8-20(28)9-11-21)27(32)30(26(24)31)23-14-5-17(2)16-18(23)3/h5-14,16,29H,4,15H2,1-3H3. The fourth-order valence-electron chi connectivity index (χ4n) is 3.80. The third kappa shape index (κ3) is 4.51. The molecule has 4 rings (SSSR count). The van der Waals surface area contributed by atoms with Crippen LogP contribution in [0.25, 0.3) is 5.57 Å². The molecular formula is C27H25FN2O3. The van der Waals surface area contributed by atoms with Gasteiger partial charge in [0.25, 0.3) is 11.8 Å². The van der Waals surface area contributed by atoms with Gasteiger partial charge in [0.1, 0.15) is 17.3 Å². The minimum Gasteiger partial charge on any atom is -0.494 e. The molecule has 1 aliphatic heterocycles. The highest BCUT2D eigenvalue weighted by molar-refractivity contribution is 6.46. The van der Waals surface area contributed by atoms with Gasteiger partial charge in [-0.3, -0.25) is 9.59 Å². The maximum atomic E-state index is 13.6. The molecule has 3 aromatic carbocycles. The number of anilines is 2. The van der Waals surface area contributed by atoms with Crippen molar-refractivity contribution in [1.82, 2.24) is 0 Å². The van der Waals surface area contributed by atoms with E-state index in [0.717, 1.165) is 17.5 Å². The summed E-state index contributed by atoms with van der Waals surface area (Å²) in [4.78, 5) is 28.3. The second-order valence-electron chi connectivity index (χ2n) is 7.99. The van der Waals surface area contributed by atoms with E-state index in [0.29, 0.717) is 29.3 Å². The monoisotopic (exact) mass is 444 g/mol. The average Bonchev–Trinajstić information content (AvgIpc) is 3.04. The van der Waals surface area contributed by atoms with Gasteiger partial charge in [0.15, 0.2) is 0 Å². The van der Waals surface area contributed by atoms with Gasteiger partial charge in [-0.1, -0.05) is 36.8 Å². The topological polar surface area (TPSA) is 58.6 Å². The molecule has 5 nitrogen and oxygen atoms in total. The largest absolute Gasteiger partial charge is 0.494 e. The lowest BCUT2D eigenvalue weighted by atomic mass is 10.0. The molecule has 0 unspecified atom stereocenters. The third-order valence-corrected chi connectivity index (χ3v) is 5.41. The fourth-order valence-corrected chi connectivity index (χ4v) is 3.80. The van der Waals surface area contributed by atoms with Crippen LogP contribution in [0.2, 0.25) is 0 Å². The molecule has 0 spiro atoms. The first-order chi connectivity index (χ1) is 15.9. The minimum absolute atomic E-state index is 0.147. The maximum absolute atomic E-state index is 13.6. The Balaban J connectivity index is 1.77. The summed E-state index contributed by atoms with van der Waals surface area (Å²) in [7, 11) is 0. The Morgan fingerprint density at radius 1 is 0.909 bits per heavy atom. The molecule has 0 aliphatic carbocycles. The van der Waals surface area contributed by atoms with E-state index in [9.17, 15) is 14.0 Å². The van der Waals surface area contributed by atoms with E-state index in [2.05, 4.69) is 5.32 Å². The summed E-state index contributed by atoms with van der Waals surface area (Å²) < 4.78 is 19.0. The molecule has 168 valence electrons. The number of amides is 2. The predicted molar refractivity (Wildman–Crippen MR) is 128 cm³/mol. The number of aryl methyl sites for hydroxylation is 2. The maximum Gasteiger partial charge on any atom is 0.282 e. The number of benzene rings is 3. The predicted octanol–water partition coefficient (Wildman–Crippen LogP) is 5.63. The van der Waals surface area contributed by atoms with E-state index in [1.54, 1.807) is 30.3 Å². The van der Waals surface area contributed by atoms with Crippen LogP contribution >= 0.6 is 0 Å². The molecule has 0 saturated carbocycles. The zero-order chi connectivity index (χ0) is 23.5. The summed E-state index contributed by atoms with van der Waals surface area (Å²) >= 11 is 0. The van der Waals surface area contributed by atoms with Crippen LogP contribution in [0.15, 0.2) is 72.4 Å². The summed E-state index contributed by atoms with van der Waals surface area (Å²) in [6.07, 6.45) is 0.885. The number of imide groups is 1. The van der Waals surface area contributed by atoms with Gasteiger partial charge >= 0.3 is 0 Å². The summed E-state index contributed by atoms with van der Waals surface area (Å²) in [6.45, 7) is 6.44. The van der Waals surface area contributed by atoms with Gasteiger partial charge in [-0.05, 0) is 73.9 Å². The quantitative estimate of drug-likeness (QED) is 0.480. The van der Waals surface area contributed by atoms with Crippen molar-refractivity contribution in [2.75, 3.05) is 16.8 Å². The van der Waals surface area contributed by atoms with E-state index in [1.807, 2.05) is 32.9 Å². The van der Waals surface area contributed by atoms with Gasteiger partial charge in [0.2, 0.25) is 0 Å². The number of ether oxygens (including phenoxy) is 1. The molecule has 0 atom stereocenters. The average molecular weight is 445 g/mol. The van der Waals surface area contributed by atoms with Crippen LogP contribution in [0.1, 0.15) is 30.0 Å². The lowest BCUT2D eigenvalue weighted by Gasteiger charge is -2.18. The van der Waals surface area contributed by atoms with E-state index in [4.69, 9.17) is 4.74 Å². The Labute approximate surface area is 192 Å². The second-order valence-corrected chi connectivity index (χ2v) is 7.99. The SMILES string of the molecule is CCCOc1ccc(C2=C(Nc3ccc(F)cc3)C(=O)N(c3ccc(C)cc3C)C2=O)cc1. The molecule has 1 aliphatic rings. The van der Waals surface area contributed by atoms with Crippen LogP contribution in [0.3, 0.4) is 0 Å². The van der Waals surface area contributed by atoms with Crippen molar-refractivity contribution >= 4 is 28.8 Å². The first-order valence-electron chi connectivity index (χ1n) is 10.8. The molecule has 3 aromatic rings. The Morgan fingerprint density at radius 3 is 2.24 bits per heavy atom. The number of hydrogen-bond donors (Lipinski definition) is 1. The highest BCUT2D eigenvalue weighted by Gasteiger charge is 2.40. The van der Waals surface area contributed by atoms with E-state index in [1.165, 1.54) is 29.2 Å². The van der Waals surface area contributed by atoms with Gasteiger partial charge in [-0.2, -0.15) is 0 Å². The fraction of sp³-hybridized carbons (Fsp3) is 0.185. The lowest BCUT2D eigenvalue weighted by molar-refractivity contribution is -0.120. The Kier molecular flexibility index (Phi) is 6.27. The van der Waals surface area contributed by atoms with Crippen LogP contribution in [-0.4, -0.2) is 18.4 Å². The van der Waals surface area contributed by atoms with Crippen LogP contribution < -0.4 is 15.0 Å². The van der Waals surface area contributed by atoms with Crippen molar-refractivity contribution in [3.05, 3.63) is 94.9 Å². The molecule has 0 fully saturated rings. The zero-order valence-corrected chi connectivity index (χ0v) is 18.8. The number of rotatable bonds is 7. The van der Waals surface area contributed by atoms with E-state index < -0.39 is 11.8 Å². The molecule has 0 saturated heterocycles. The summed E-state index contributed by atoms with van der Waals surface area (Å²) in [5, 5.41) is 3.05. The van der Waals surface area contributed by atoms with Gasteiger partial charge in [0.05, 0.1) is 17.9 Å². The van der Waals surface area contributed by atoms with Crippen LogP contribution in [0.5, 0.6) is 5.75 Å². The molecule has 6 heteroatoms. The first-order valence-corrected chi connectivity index (χ1v) is 10.8. The number of halogens is 1. The van der Waals surface area contributed by atoms with Crippen molar-refractivity contribution < 1.29 is 18.7 Å². The number of hydrogen-bond acceptors (Lipinski definition) is 4. The van der Waals surface area contributed by atoms with Crippen molar-refractivity contribution in [3.63, 3.8) is 0 Å². The summed E-state index contributed by atoms with van der Waals surface area (Å²) in [5.74, 6) is -0.572. The van der Waals surface area contributed by atoms with Crippen molar-refractivity contribution in [2.24, 2.45) is 0 Å². The molecule has 33 heavy (non-hydrogen) atoms. The summed E-state index contributed by atoms with van der Waals surface area (Å²) in [5.41, 5.74) is 3.90. The molecule has 2 amide bonds. The molecular weight excluding hydrogens is 419 g/mol. The van der Waals surface area contributed by atoms with Crippen molar-refractivity contribution in [3.8, 4) is 5.75 Å². The number of nitrogens with one attached hydrogen (secondary N) is 1. The van der Waals surface area contributed by atoms with Crippen LogP contribution in [-0.2, 0) is 9.59 Å². The molecule has 0 radical (unpaired) electrons. The Bertz CT molecular complexity index is 1230. The zero-order valence-electron chi connectivity index (χ0n) is 18.8. The normalized spacial score (nSPS) is 13.6. The molecule has 1 heterocycles. The highest BCUT2D eigenvalue weighted by atomic mass is 19.1. The Morgan fingerprint density at radius 2 is 1.61 bits per heavy atom. The van der Waals surface area contributed by atoms with E-state index in [-0.39, 0.29) is 17.1 Å². The third-order valence-electron chi connectivity index (χ3n) is 5.41. The van der Waals surface area contributed by atoms with Crippen LogP contribution in [0.4, 0.5) is 15.8 Å². The molecule has 0 aromatic heterocycles. The van der Waals surface area contributed by atoms with E-state index >= 15 is 0 Å². The molecule has 0 bridgehead atoms. The number of carbonyl (C=O) groups excluding carboxylic acids is 2. The number of carbonyl (C=O) groups is 2. The van der Waals surface area contributed by atoms with Crippen LogP contribution in [0, 0.1) is 19.7 Å². The minimum atomic E-state index is -0.461. The molecule has 1 N–H and O–H groups in total. The number of nitrogens with zero attached hydrogens (tertiary/aromatic N) is 1. The van der Waals surface area contributed by atoms with Crippen molar-refractivity contribution in [1.29, 1.82) is 0 Å². The van der Waals surface area contributed by atoms with Gasteiger partial charge in [-0.25, -0.2) is 9.29 Å². The lowest BCUT2D eigenvalue weighted by Crippen LogP contribution is -2.33. The highest BCUT2D eigenvalue weighted by Crippen LogP contribution is 2.35. The van der Waals surface area contributed by atoms with Gasteiger partial charge in [0, 0.05) is 5.69 Å². The Hall–Kier alpha value is -3.93. The smallest absolute Gasteiger partial charge is 0.282 e. The first kappa shape index (κ1) is 22.3. The van der Waals surface area contributed by atoms with Crippen molar-refractivity contribution in [2.45, 2.75) is 27.2 Å². The second kappa shape index (κ2) is 9.28.